The first-order valence-corrected chi connectivity index (χ1v) is 13.6. The van der Waals surface area contributed by atoms with Gasteiger partial charge in [-0.2, -0.15) is 26.3 Å². The van der Waals surface area contributed by atoms with E-state index in [4.69, 9.17) is 0 Å². The van der Waals surface area contributed by atoms with Crippen molar-refractivity contribution in [2.24, 2.45) is 0 Å². The van der Waals surface area contributed by atoms with Crippen LogP contribution in [0.3, 0.4) is 0 Å². The smallest absolute Gasteiger partial charge is 0.390 e. The number of amides is 1. The van der Waals surface area contributed by atoms with Crippen molar-refractivity contribution < 1.29 is 54.2 Å². The summed E-state index contributed by atoms with van der Waals surface area (Å²) >= 11 is 0. The molecule has 4 rings (SSSR count). The molecule has 3 aromatic rings. The number of nitrogens with one attached hydrogen (secondary N) is 1. The van der Waals surface area contributed by atoms with Crippen molar-refractivity contribution in [3.05, 3.63) is 83.4 Å². The van der Waals surface area contributed by atoms with Gasteiger partial charge in [-0.15, -0.1) is 0 Å². The number of hydrogen-bond acceptors (Lipinski definition) is 6. The van der Waals surface area contributed by atoms with Crippen LogP contribution in [0.4, 0.5) is 42.1 Å². The van der Waals surface area contributed by atoms with Crippen molar-refractivity contribution in [1.82, 2.24) is 4.98 Å². The summed E-state index contributed by atoms with van der Waals surface area (Å²) in [5.41, 5.74) is -7.14. The summed E-state index contributed by atoms with van der Waals surface area (Å²) in [7, 11) is -4.65. The van der Waals surface area contributed by atoms with E-state index in [1.54, 1.807) is 0 Å². The van der Waals surface area contributed by atoms with Crippen LogP contribution in [0.15, 0.2) is 65.7 Å². The van der Waals surface area contributed by atoms with Gasteiger partial charge in [-0.3, -0.25) is 14.1 Å². The van der Waals surface area contributed by atoms with Crippen LogP contribution in [-0.4, -0.2) is 47.9 Å². The van der Waals surface area contributed by atoms with Gasteiger partial charge in [0.15, 0.2) is 0 Å². The van der Waals surface area contributed by atoms with Crippen molar-refractivity contribution in [3.63, 3.8) is 0 Å². The lowest BCUT2D eigenvalue weighted by Crippen LogP contribution is -2.54. The van der Waals surface area contributed by atoms with E-state index in [0.29, 0.717) is 22.5 Å². The molecule has 0 bridgehead atoms. The van der Waals surface area contributed by atoms with E-state index in [-0.39, 0.29) is 35.5 Å². The second-order valence-corrected chi connectivity index (χ2v) is 11.2. The first-order valence-electron chi connectivity index (χ1n) is 12.1. The fourth-order valence-corrected chi connectivity index (χ4v) is 6.39. The van der Waals surface area contributed by atoms with Gasteiger partial charge in [0, 0.05) is 18.2 Å². The quantitative estimate of drug-likeness (QED) is 0.333. The Labute approximate surface area is 234 Å². The summed E-state index contributed by atoms with van der Waals surface area (Å²) in [4.78, 5) is 16.4. The molecule has 1 aliphatic rings. The number of nitrogens with zero attached hydrogens (tertiary/aromatic N) is 2. The number of benzene rings is 2. The van der Waals surface area contributed by atoms with Crippen molar-refractivity contribution in [2.45, 2.75) is 54.8 Å². The monoisotopic (exact) mass is 621 g/mol. The number of rotatable bonds is 7. The Balaban J connectivity index is 1.79. The van der Waals surface area contributed by atoms with Crippen LogP contribution < -0.4 is 9.62 Å². The van der Waals surface area contributed by atoms with Crippen LogP contribution in [0.1, 0.15) is 29.7 Å². The van der Waals surface area contributed by atoms with Gasteiger partial charge in [0.25, 0.3) is 15.6 Å². The lowest BCUT2D eigenvalue weighted by atomic mass is 9.87. The minimum Gasteiger partial charge on any atom is -0.390 e. The third-order valence-corrected chi connectivity index (χ3v) is 8.62. The molecule has 1 aliphatic heterocycles. The molecule has 42 heavy (non-hydrogen) atoms. The van der Waals surface area contributed by atoms with E-state index >= 15 is 0 Å². The summed E-state index contributed by atoms with van der Waals surface area (Å²) in [6.45, 7) is -0.525. The van der Waals surface area contributed by atoms with Crippen LogP contribution in [0, 0.1) is 5.82 Å². The number of sulfonamides is 1. The Kier molecular flexibility index (Phi) is 8.28. The first-order chi connectivity index (χ1) is 19.5. The van der Waals surface area contributed by atoms with Crippen molar-refractivity contribution in [1.29, 1.82) is 0 Å². The molecule has 1 atom stereocenters. The molecule has 0 saturated carbocycles. The van der Waals surface area contributed by atoms with Crippen LogP contribution in [-0.2, 0) is 33.4 Å². The fraction of sp³-hybridized carbons (Fsp3) is 0.308. The number of alkyl halides is 6. The second-order valence-electron chi connectivity index (χ2n) is 9.40. The van der Waals surface area contributed by atoms with Gasteiger partial charge in [-0.1, -0.05) is 12.1 Å². The molecule has 0 saturated heterocycles. The molecule has 2 aromatic carbocycles. The normalized spacial score (nSPS) is 16.2. The standard InChI is InChI=1S/C26H22F7N3O5S/c27-17-5-8-19(9-6-17)42(40,41)36-18(13-23(38)35-20-2-1-11-34-21(20)14-37)7-3-15-12-16(4-10-22(15)36)24(39,25(28,29)30)26(31,32)33/h1-2,4-6,8-12,18,37,39H,3,7,13-14H2,(H,35,38)/t18-/m0/s1. The molecule has 1 amide bonds. The average molecular weight is 622 g/mol. The Morgan fingerprint density at radius 3 is 2.26 bits per heavy atom. The number of aliphatic hydroxyl groups excluding tert-OH is 1. The fourth-order valence-electron chi connectivity index (χ4n) is 4.67. The number of pyridine rings is 1. The molecule has 0 radical (unpaired) electrons. The maximum atomic E-state index is 13.7. The number of aromatic nitrogens is 1. The molecule has 226 valence electrons. The lowest BCUT2D eigenvalue weighted by Gasteiger charge is -2.39. The van der Waals surface area contributed by atoms with Crippen LogP contribution in [0.5, 0.6) is 0 Å². The molecule has 8 nitrogen and oxygen atoms in total. The minimum absolute atomic E-state index is 0.116. The molecular formula is C26H22F7N3O5S. The van der Waals surface area contributed by atoms with E-state index in [0.717, 1.165) is 24.3 Å². The first kappa shape index (κ1) is 31.2. The highest BCUT2D eigenvalue weighted by atomic mass is 32.2. The van der Waals surface area contributed by atoms with Gasteiger partial charge in [-0.05, 0) is 60.9 Å². The number of fused-ring (bicyclic) bond motifs is 1. The summed E-state index contributed by atoms with van der Waals surface area (Å²) in [5.74, 6) is -1.51. The largest absolute Gasteiger partial charge is 0.430 e. The summed E-state index contributed by atoms with van der Waals surface area (Å²) in [6, 6.07) is 6.69. The van der Waals surface area contributed by atoms with Gasteiger partial charge in [0.05, 0.1) is 34.6 Å². The molecule has 1 aromatic heterocycles. The summed E-state index contributed by atoms with van der Waals surface area (Å²) in [5, 5.41) is 21.8. The van der Waals surface area contributed by atoms with E-state index in [2.05, 4.69) is 10.3 Å². The number of carbonyl (C=O) groups is 1. The molecule has 2 heterocycles. The molecule has 0 fully saturated rings. The SMILES string of the molecule is O=C(C[C@@H]1CCc2cc(C(O)(C(F)(F)F)C(F)(F)F)ccc2N1S(=O)(=O)c1ccc(F)cc1)Nc1cccnc1CO. The molecule has 16 heteroatoms. The predicted octanol–water partition coefficient (Wildman–Crippen LogP) is 4.56. The Morgan fingerprint density at radius 2 is 1.67 bits per heavy atom. The number of halogens is 7. The van der Waals surface area contributed by atoms with Gasteiger partial charge in [-0.25, -0.2) is 12.8 Å². The molecule has 3 N–H and O–H groups in total. The number of aryl methyl sites for hydroxylation is 1. The minimum atomic E-state index is -6.16. The highest BCUT2D eigenvalue weighted by molar-refractivity contribution is 7.92. The molecule has 0 aliphatic carbocycles. The zero-order valence-electron chi connectivity index (χ0n) is 21.2. The van der Waals surface area contributed by atoms with Gasteiger partial charge >= 0.3 is 12.4 Å². The van der Waals surface area contributed by atoms with E-state index in [1.807, 2.05) is 0 Å². The van der Waals surface area contributed by atoms with E-state index in [1.165, 1.54) is 18.3 Å². The Hall–Kier alpha value is -3.76. The van der Waals surface area contributed by atoms with Crippen molar-refractivity contribution in [3.8, 4) is 0 Å². The van der Waals surface area contributed by atoms with E-state index < -0.39 is 69.2 Å². The third kappa shape index (κ3) is 5.65. The number of carbonyl (C=O) groups excluding carboxylic acids is 1. The molecule has 0 unspecified atom stereocenters. The number of aliphatic hydroxyl groups is 2. The van der Waals surface area contributed by atoms with Crippen LogP contribution in [0.2, 0.25) is 0 Å². The summed E-state index contributed by atoms with van der Waals surface area (Å²) < 4.78 is 123. The topological polar surface area (TPSA) is 120 Å². The second kappa shape index (κ2) is 11.1. The number of anilines is 2. The highest BCUT2D eigenvalue weighted by Gasteiger charge is 2.71. The van der Waals surface area contributed by atoms with Crippen LogP contribution in [0.25, 0.3) is 0 Å². The van der Waals surface area contributed by atoms with Gasteiger partial charge in [0.2, 0.25) is 5.91 Å². The van der Waals surface area contributed by atoms with Gasteiger partial charge < -0.3 is 15.5 Å². The van der Waals surface area contributed by atoms with Crippen molar-refractivity contribution in [2.75, 3.05) is 9.62 Å². The maximum Gasteiger partial charge on any atom is 0.430 e. The zero-order valence-corrected chi connectivity index (χ0v) is 22.1. The number of hydrogen-bond donors (Lipinski definition) is 3. The third-order valence-electron chi connectivity index (χ3n) is 6.74. The maximum absolute atomic E-state index is 13.7. The zero-order chi connectivity index (χ0) is 31.1. The van der Waals surface area contributed by atoms with Gasteiger partial charge in [0.1, 0.15) is 5.82 Å². The van der Waals surface area contributed by atoms with E-state index in [9.17, 15) is 54.2 Å². The predicted molar refractivity (Wildman–Crippen MR) is 134 cm³/mol. The van der Waals surface area contributed by atoms with Crippen molar-refractivity contribution >= 4 is 27.3 Å². The van der Waals surface area contributed by atoms with Crippen LogP contribution >= 0.6 is 0 Å². The summed E-state index contributed by atoms with van der Waals surface area (Å²) in [6.07, 6.45) is -11.9. The average Bonchev–Trinajstić information content (AvgIpc) is 2.91. The molecular weight excluding hydrogens is 599 g/mol. The Morgan fingerprint density at radius 1 is 1.02 bits per heavy atom. The Bertz CT molecular complexity index is 1560. The highest BCUT2D eigenvalue weighted by Crippen LogP contribution is 2.51. The molecule has 0 spiro atoms. The lowest BCUT2D eigenvalue weighted by molar-refractivity contribution is -0.376.